The van der Waals surface area contributed by atoms with Gasteiger partial charge in [0, 0.05) is 12.5 Å². The van der Waals surface area contributed by atoms with Gasteiger partial charge in [-0.15, -0.1) is 0 Å². The monoisotopic (exact) mass is 438 g/mol. The number of carbonyl (C=O) groups is 3. The molecule has 0 aromatic heterocycles. The first kappa shape index (κ1) is 23.3. The number of rotatable bonds is 9. The molecule has 1 aliphatic carbocycles. The molecule has 1 aliphatic rings. The van der Waals surface area contributed by atoms with E-state index in [0.717, 1.165) is 22.3 Å². The lowest BCUT2D eigenvalue weighted by atomic mass is 9.82. The summed E-state index contributed by atoms with van der Waals surface area (Å²) in [6.07, 6.45) is 0.102. The summed E-state index contributed by atoms with van der Waals surface area (Å²) in [6, 6.07) is 15.2. The molecule has 170 valence electrons. The minimum atomic E-state index is -1.01. The summed E-state index contributed by atoms with van der Waals surface area (Å²) in [5.41, 5.74) is 3.48. The Morgan fingerprint density at radius 2 is 1.53 bits per heavy atom. The van der Waals surface area contributed by atoms with E-state index in [1.54, 1.807) is 13.8 Å². The van der Waals surface area contributed by atoms with Crippen LogP contribution in [0.5, 0.6) is 0 Å². The zero-order valence-corrected chi connectivity index (χ0v) is 18.7. The number of aliphatic carboxylic acids is 1. The number of hydrogen-bond donors (Lipinski definition) is 3. The molecule has 0 unspecified atom stereocenters. The number of alkyl carbamates (subject to hydrolysis) is 1. The van der Waals surface area contributed by atoms with E-state index in [9.17, 15) is 19.5 Å². The first-order chi connectivity index (χ1) is 15.3. The van der Waals surface area contributed by atoms with Crippen molar-refractivity contribution >= 4 is 18.0 Å². The summed E-state index contributed by atoms with van der Waals surface area (Å²) in [5.74, 6) is -1.46. The molecule has 32 heavy (non-hydrogen) atoms. The Labute approximate surface area is 188 Å². The lowest BCUT2D eigenvalue weighted by molar-refractivity contribution is -0.149. The molecule has 1 atom stereocenters. The van der Waals surface area contributed by atoms with E-state index in [-0.39, 0.29) is 19.1 Å². The number of amides is 2. The molecule has 2 aromatic rings. The normalized spacial score (nSPS) is 13.6. The van der Waals surface area contributed by atoms with Gasteiger partial charge >= 0.3 is 12.1 Å². The molecular formula is C25H30N2O5. The number of hydrogen-bond acceptors (Lipinski definition) is 4. The molecule has 0 radical (unpaired) electrons. The van der Waals surface area contributed by atoms with Crippen molar-refractivity contribution in [1.29, 1.82) is 0 Å². The Morgan fingerprint density at radius 1 is 1.00 bits per heavy atom. The molecule has 0 saturated heterocycles. The van der Waals surface area contributed by atoms with Crippen molar-refractivity contribution in [3.8, 4) is 11.1 Å². The largest absolute Gasteiger partial charge is 0.481 e. The minimum Gasteiger partial charge on any atom is -0.481 e. The summed E-state index contributed by atoms with van der Waals surface area (Å²) in [4.78, 5) is 36.3. The van der Waals surface area contributed by atoms with Crippen LogP contribution in [0.15, 0.2) is 48.5 Å². The van der Waals surface area contributed by atoms with E-state index < -0.39 is 29.4 Å². The summed E-state index contributed by atoms with van der Waals surface area (Å²) in [6.45, 7) is 5.26. The number of benzene rings is 2. The quantitative estimate of drug-likeness (QED) is 0.550. The fraction of sp³-hybridized carbons (Fsp3) is 0.400. The highest BCUT2D eigenvalue weighted by atomic mass is 16.5. The van der Waals surface area contributed by atoms with Crippen molar-refractivity contribution in [3.63, 3.8) is 0 Å². The molecule has 0 spiro atoms. The first-order valence-corrected chi connectivity index (χ1v) is 11.0. The van der Waals surface area contributed by atoms with Crippen molar-refractivity contribution in [2.45, 2.75) is 45.6 Å². The van der Waals surface area contributed by atoms with E-state index in [4.69, 9.17) is 4.74 Å². The molecule has 0 aliphatic heterocycles. The van der Waals surface area contributed by atoms with Crippen LogP contribution in [0.1, 0.15) is 50.7 Å². The third-order valence-corrected chi connectivity index (χ3v) is 6.48. The van der Waals surface area contributed by atoms with Crippen LogP contribution in [0.4, 0.5) is 4.79 Å². The van der Waals surface area contributed by atoms with Crippen LogP contribution in [-0.2, 0) is 14.3 Å². The zero-order chi connectivity index (χ0) is 23.3. The van der Waals surface area contributed by atoms with Gasteiger partial charge in [0.05, 0.1) is 5.41 Å². The Kier molecular flexibility index (Phi) is 7.18. The lowest BCUT2D eigenvalue weighted by Gasteiger charge is -2.27. The zero-order valence-electron chi connectivity index (χ0n) is 18.7. The topological polar surface area (TPSA) is 105 Å². The van der Waals surface area contributed by atoms with Gasteiger partial charge < -0.3 is 20.5 Å². The van der Waals surface area contributed by atoms with Crippen LogP contribution in [0.3, 0.4) is 0 Å². The van der Waals surface area contributed by atoms with Gasteiger partial charge in [-0.05, 0) is 42.0 Å². The van der Waals surface area contributed by atoms with Gasteiger partial charge in [-0.2, -0.15) is 0 Å². The van der Waals surface area contributed by atoms with Crippen LogP contribution in [0.25, 0.3) is 11.1 Å². The van der Waals surface area contributed by atoms with Gasteiger partial charge in [-0.3, -0.25) is 9.59 Å². The molecule has 0 heterocycles. The third kappa shape index (κ3) is 4.61. The highest BCUT2D eigenvalue weighted by Crippen LogP contribution is 2.44. The number of ether oxygens (including phenoxy) is 1. The first-order valence-electron chi connectivity index (χ1n) is 11.0. The van der Waals surface area contributed by atoms with E-state index in [2.05, 4.69) is 22.8 Å². The fourth-order valence-corrected chi connectivity index (χ4v) is 4.17. The smallest absolute Gasteiger partial charge is 0.407 e. The SMILES string of the molecule is CCC(CC)(CNC(=O)[C@H](C)NC(=O)OCC1c2ccccc2-c2ccccc21)C(=O)O. The maximum Gasteiger partial charge on any atom is 0.407 e. The summed E-state index contributed by atoms with van der Waals surface area (Å²) in [5, 5.41) is 14.7. The van der Waals surface area contributed by atoms with Crippen molar-refractivity contribution in [1.82, 2.24) is 10.6 Å². The van der Waals surface area contributed by atoms with Gasteiger partial charge in [-0.25, -0.2) is 4.79 Å². The Bertz CT molecular complexity index is 954. The van der Waals surface area contributed by atoms with E-state index >= 15 is 0 Å². The van der Waals surface area contributed by atoms with Crippen LogP contribution in [-0.4, -0.2) is 42.3 Å². The minimum absolute atomic E-state index is 0.00484. The average Bonchev–Trinajstić information content (AvgIpc) is 3.12. The standard InChI is InChI=1S/C25H30N2O5/c1-4-25(5-2,23(29)30)15-26-22(28)16(3)27-24(31)32-14-21-19-12-8-6-10-17(19)18-11-7-9-13-20(18)21/h6-13,16,21H,4-5,14-15H2,1-3H3,(H,26,28)(H,27,31)(H,29,30)/t16-/m0/s1. The number of carboxylic acid groups (broad SMARTS) is 1. The van der Waals surface area contributed by atoms with E-state index in [0.29, 0.717) is 12.8 Å². The predicted octanol–water partition coefficient (Wildman–Crippen LogP) is 3.92. The second-order valence-corrected chi connectivity index (χ2v) is 8.20. The predicted molar refractivity (Wildman–Crippen MR) is 121 cm³/mol. The Hall–Kier alpha value is -3.35. The second-order valence-electron chi connectivity index (χ2n) is 8.20. The van der Waals surface area contributed by atoms with Gasteiger partial charge in [0.25, 0.3) is 0 Å². The molecule has 2 aromatic carbocycles. The maximum absolute atomic E-state index is 12.4. The van der Waals surface area contributed by atoms with Gasteiger partial charge in [0.1, 0.15) is 12.6 Å². The van der Waals surface area contributed by atoms with Crippen LogP contribution in [0, 0.1) is 5.41 Å². The molecule has 7 heteroatoms. The molecule has 3 N–H and O–H groups in total. The Balaban J connectivity index is 1.56. The van der Waals surface area contributed by atoms with Crippen molar-refractivity contribution < 1.29 is 24.2 Å². The molecule has 3 rings (SSSR count). The van der Waals surface area contributed by atoms with Gasteiger partial charge in [0.15, 0.2) is 0 Å². The van der Waals surface area contributed by atoms with Gasteiger partial charge in [0.2, 0.25) is 5.91 Å². The highest BCUT2D eigenvalue weighted by Gasteiger charge is 2.35. The molecule has 7 nitrogen and oxygen atoms in total. The number of fused-ring (bicyclic) bond motifs is 3. The number of carbonyl (C=O) groups excluding carboxylic acids is 2. The summed E-state index contributed by atoms with van der Waals surface area (Å²) in [7, 11) is 0. The lowest BCUT2D eigenvalue weighted by Crippen LogP contribution is -2.49. The van der Waals surface area contributed by atoms with Crippen LogP contribution < -0.4 is 10.6 Å². The second kappa shape index (κ2) is 9.85. The summed E-state index contributed by atoms with van der Waals surface area (Å²) < 4.78 is 5.46. The van der Waals surface area contributed by atoms with Crippen molar-refractivity contribution in [2.75, 3.05) is 13.2 Å². The molecular weight excluding hydrogens is 408 g/mol. The van der Waals surface area contributed by atoms with E-state index in [1.807, 2.05) is 36.4 Å². The number of nitrogens with one attached hydrogen (secondary N) is 2. The number of carboxylic acids is 1. The maximum atomic E-state index is 12.4. The fourth-order valence-electron chi connectivity index (χ4n) is 4.17. The van der Waals surface area contributed by atoms with Crippen molar-refractivity contribution in [3.05, 3.63) is 59.7 Å². The van der Waals surface area contributed by atoms with Crippen LogP contribution in [0.2, 0.25) is 0 Å². The average molecular weight is 439 g/mol. The molecule has 2 amide bonds. The van der Waals surface area contributed by atoms with E-state index in [1.165, 1.54) is 6.92 Å². The van der Waals surface area contributed by atoms with Crippen molar-refractivity contribution in [2.24, 2.45) is 5.41 Å². The Morgan fingerprint density at radius 3 is 2.03 bits per heavy atom. The van der Waals surface area contributed by atoms with Crippen LogP contribution >= 0.6 is 0 Å². The molecule has 0 saturated carbocycles. The highest BCUT2D eigenvalue weighted by molar-refractivity contribution is 5.86. The third-order valence-electron chi connectivity index (χ3n) is 6.48. The molecule has 0 fully saturated rings. The summed E-state index contributed by atoms with van der Waals surface area (Å²) >= 11 is 0. The van der Waals surface area contributed by atoms with Gasteiger partial charge in [-0.1, -0.05) is 62.4 Å². The molecule has 0 bridgehead atoms.